The molecule has 0 saturated heterocycles. The second-order valence-electron chi connectivity index (χ2n) is 3.30. The molecule has 0 heterocycles. The van der Waals surface area contributed by atoms with E-state index in [0.29, 0.717) is 0 Å². The van der Waals surface area contributed by atoms with Gasteiger partial charge in [-0.2, -0.15) is 0 Å². The van der Waals surface area contributed by atoms with Crippen molar-refractivity contribution >= 4 is 0 Å². The molecule has 11 heavy (non-hydrogen) atoms. The Morgan fingerprint density at radius 1 is 1.36 bits per heavy atom. The molecule has 0 spiro atoms. The molecular formula is C11H18. The molecule has 1 aliphatic rings. The monoisotopic (exact) mass is 150 g/mol. The fourth-order valence-electron chi connectivity index (χ4n) is 1.47. The average Bonchev–Trinajstić information content (AvgIpc) is 2.50. The summed E-state index contributed by atoms with van der Waals surface area (Å²) in [6.45, 7) is 2.23. The first-order valence-electron chi connectivity index (χ1n) is 4.86. The standard InChI is InChI=1S/C11H18/c1-2-3-4-5-8-11-9-6-7-10-11/h5H,2-4,6-7,9-10H2,1H3. The first kappa shape index (κ1) is 8.62. The Kier molecular flexibility index (Phi) is 4.08. The van der Waals surface area contributed by atoms with E-state index in [9.17, 15) is 0 Å². The van der Waals surface area contributed by atoms with E-state index in [1.165, 1.54) is 44.9 Å². The van der Waals surface area contributed by atoms with Crippen LogP contribution in [0.3, 0.4) is 0 Å². The third-order valence-electron chi connectivity index (χ3n) is 2.22. The van der Waals surface area contributed by atoms with Gasteiger partial charge in [0, 0.05) is 0 Å². The molecule has 1 aliphatic carbocycles. The van der Waals surface area contributed by atoms with Crippen molar-refractivity contribution in [1.29, 1.82) is 0 Å². The fraction of sp³-hybridized carbons (Fsp3) is 0.727. The van der Waals surface area contributed by atoms with E-state index in [-0.39, 0.29) is 0 Å². The number of hydrogen-bond donors (Lipinski definition) is 0. The van der Waals surface area contributed by atoms with Gasteiger partial charge in [0.1, 0.15) is 0 Å². The Labute approximate surface area is 70.0 Å². The summed E-state index contributed by atoms with van der Waals surface area (Å²) in [6, 6.07) is 0. The summed E-state index contributed by atoms with van der Waals surface area (Å²) in [4.78, 5) is 0. The van der Waals surface area contributed by atoms with Crippen LogP contribution < -0.4 is 0 Å². The highest BCUT2D eigenvalue weighted by Crippen LogP contribution is 2.22. The summed E-state index contributed by atoms with van der Waals surface area (Å²) in [5, 5.41) is 0. The van der Waals surface area contributed by atoms with Gasteiger partial charge in [0.25, 0.3) is 0 Å². The van der Waals surface area contributed by atoms with Crippen LogP contribution in [-0.4, -0.2) is 0 Å². The first-order chi connectivity index (χ1) is 5.43. The zero-order valence-electron chi connectivity index (χ0n) is 7.53. The lowest BCUT2D eigenvalue weighted by Gasteiger charge is -1.87. The molecule has 0 unspecified atom stereocenters. The molecule has 1 rings (SSSR count). The van der Waals surface area contributed by atoms with Crippen LogP contribution in [0.4, 0.5) is 0 Å². The van der Waals surface area contributed by atoms with Gasteiger partial charge in [-0.05, 0) is 50.2 Å². The van der Waals surface area contributed by atoms with Crippen molar-refractivity contribution in [1.82, 2.24) is 0 Å². The summed E-state index contributed by atoms with van der Waals surface area (Å²) < 4.78 is 0. The van der Waals surface area contributed by atoms with E-state index in [4.69, 9.17) is 0 Å². The second-order valence-corrected chi connectivity index (χ2v) is 3.30. The smallest absolute Gasteiger partial charge is 0.0244 e. The summed E-state index contributed by atoms with van der Waals surface area (Å²) >= 11 is 0. The molecule has 0 nitrogen and oxygen atoms in total. The molecule has 0 heteroatoms. The van der Waals surface area contributed by atoms with Crippen molar-refractivity contribution in [2.45, 2.75) is 51.9 Å². The van der Waals surface area contributed by atoms with Gasteiger partial charge in [0.15, 0.2) is 0 Å². The Hall–Kier alpha value is -0.480. The van der Waals surface area contributed by atoms with Gasteiger partial charge in [-0.25, -0.2) is 0 Å². The van der Waals surface area contributed by atoms with Gasteiger partial charge in [-0.15, -0.1) is 5.73 Å². The van der Waals surface area contributed by atoms with Crippen LogP contribution in [0.25, 0.3) is 0 Å². The maximum absolute atomic E-state index is 3.41. The fourth-order valence-corrected chi connectivity index (χ4v) is 1.47. The van der Waals surface area contributed by atoms with E-state index in [0.717, 1.165) is 0 Å². The zero-order valence-corrected chi connectivity index (χ0v) is 7.53. The molecular weight excluding hydrogens is 132 g/mol. The normalized spacial score (nSPS) is 16.6. The van der Waals surface area contributed by atoms with Gasteiger partial charge >= 0.3 is 0 Å². The number of unbranched alkanes of at least 4 members (excludes halogenated alkanes) is 2. The van der Waals surface area contributed by atoms with Crippen molar-refractivity contribution in [3.8, 4) is 0 Å². The lowest BCUT2D eigenvalue weighted by Crippen LogP contribution is -1.68. The van der Waals surface area contributed by atoms with Gasteiger partial charge in [-0.3, -0.25) is 0 Å². The molecule has 62 valence electrons. The predicted octanol–water partition coefficient (Wildman–Crippen LogP) is 3.83. The molecule has 1 saturated carbocycles. The molecule has 1 fully saturated rings. The van der Waals surface area contributed by atoms with Crippen LogP contribution in [0, 0.1) is 0 Å². The summed E-state index contributed by atoms with van der Waals surface area (Å²) in [5.74, 6) is 0. The average molecular weight is 150 g/mol. The van der Waals surface area contributed by atoms with E-state index in [1.807, 2.05) is 0 Å². The Bertz CT molecular complexity index is 151. The number of rotatable bonds is 3. The molecule has 0 amide bonds. The van der Waals surface area contributed by atoms with Crippen LogP contribution >= 0.6 is 0 Å². The lowest BCUT2D eigenvalue weighted by molar-refractivity contribution is 0.815. The predicted molar refractivity (Wildman–Crippen MR) is 49.6 cm³/mol. The second kappa shape index (κ2) is 5.21. The van der Waals surface area contributed by atoms with Gasteiger partial charge in [0.05, 0.1) is 0 Å². The molecule has 0 N–H and O–H groups in total. The maximum Gasteiger partial charge on any atom is -0.0244 e. The maximum atomic E-state index is 3.41. The molecule has 0 aromatic carbocycles. The van der Waals surface area contributed by atoms with Crippen molar-refractivity contribution in [2.75, 3.05) is 0 Å². The summed E-state index contributed by atoms with van der Waals surface area (Å²) in [7, 11) is 0. The van der Waals surface area contributed by atoms with Gasteiger partial charge in [-0.1, -0.05) is 13.3 Å². The zero-order chi connectivity index (χ0) is 7.94. The summed E-state index contributed by atoms with van der Waals surface area (Å²) in [5.41, 5.74) is 4.96. The van der Waals surface area contributed by atoms with Gasteiger partial charge < -0.3 is 0 Å². The Morgan fingerprint density at radius 3 is 2.73 bits per heavy atom. The van der Waals surface area contributed by atoms with Crippen molar-refractivity contribution in [3.63, 3.8) is 0 Å². The van der Waals surface area contributed by atoms with Crippen LogP contribution in [0.2, 0.25) is 0 Å². The van der Waals surface area contributed by atoms with Crippen LogP contribution in [0.15, 0.2) is 17.4 Å². The molecule has 0 atom stereocenters. The van der Waals surface area contributed by atoms with Crippen LogP contribution in [-0.2, 0) is 0 Å². The van der Waals surface area contributed by atoms with E-state index in [2.05, 4.69) is 18.7 Å². The van der Waals surface area contributed by atoms with Crippen LogP contribution in [0.1, 0.15) is 51.9 Å². The van der Waals surface area contributed by atoms with Crippen molar-refractivity contribution < 1.29 is 0 Å². The highest BCUT2D eigenvalue weighted by molar-refractivity contribution is 5.05. The topological polar surface area (TPSA) is 0 Å². The lowest BCUT2D eigenvalue weighted by atomic mass is 10.2. The molecule has 0 radical (unpaired) electrons. The SMILES string of the molecule is CCCCC=C=C1CCCC1. The van der Waals surface area contributed by atoms with Crippen LogP contribution in [0.5, 0.6) is 0 Å². The minimum atomic E-state index is 1.22. The minimum absolute atomic E-state index is 1.22. The Balaban J connectivity index is 2.24. The molecule has 0 aromatic heterocycles. The highest BCUT2D eigenvalue weighted by atomic mass is 14.1. The molecule has 0 bridgehead atoms. The minimum Gasteiger partial charge on any atom is -0.126 e. The van der Waals surface area contributed by atoms with E-state index in [1.54, 1.807) is 5.57 Å². The third kappa shape index (κ3) is 3.43. The largest absolute Gasteiger partial charge is 0.126 e. The number of allylic oxidation sites excluding steroid dienone is 1. The van der Waals surface area contributed by atoms with Crippen molar-refractivity contribution in [3.05, 3.63) is 17.4 Å². The van der Waals surface area contributed by atoms with Crippen molar-refractivity contribution in [2.24, 2.45) is 0 Å². The molecule has 0 aromatic rings. The van der Waals surface area contributed by atoms with E-state index < -0.39 is 0 Å². The third-order valence-corrected chi connectivity index (χ3v) is 2.22. The number of hydrogen-bond acceptors (Lipinski definition) is 0. The Morgan fingerprint density at radius 2 is 2.09 bits per heavy atom. The summed E-state index contributed by atoms with van der Waals surface area (Å²) in [6.07, 6.45) is 11.5. The van der Waals surface area contributed by atoms with E-state index >= 15 is 0 Å². The highest BCUT2D eigenvalue weighted by Gasteiger charge is 2.03. The first-order valence-corrected chi connectivity index (χ1v) is 4.86. The molecule has 0 aliphatic heterocycles. The quantitative estimate of drug-likeness (QED) is 0.423. The van der Waals surface area contributed by atoms with Gasteiger partial charge in [0.2, 0.25) is 0 Å².